The quantitative estimate of drug-likeness (QED) is 0.258. The summed E-state index contributed by atoms with van der Waals surface area (Å²) in [5.74, 6) is -3.63. The molecule has 1 aromatic rings. The van der Waals surface area contributed by atoms with Gasteiger partial charge in [-0.3, -0.25) is 14.4 Å². The minimum Gasteiger partial charge on any atom is -0.461 e. The van der Waals surface area contributed by atoms with E-state index in [0.29, 0.717) is 17.6 Å². The molecule has 3 fully saturated rings. The Labute approximate surface area is 234 Å². The van der Waals surface area contributed by atoms with Crippen LogP contribution in [-0.4, -0.2) is 64.4 Å². The van der Waals surface area contributed by atoms with E-state index in [2.05, 4.69) is 0 Å². The molecule has 9 heteroatoms. The average molecular weight is 555 g/mol. The van der Waals surface area contributed by atoms with Gasteiger partial charge in [0.05, 0.1) is 11.5 Å². The molecule has 0 unspecified atom stereocenters. The Morgan fingerprint density at radius 1 is 0.950 bits per heavy atom. The third-order valence-electron chi connectivity index (χ3n) is 9.56. The maximum absolute atomic E-state index is 14.3. The Hall–Kier alpha value is -3.04. The number of hydrogen-bond acceptors (Lipinski definition) is 9. The lowest BCUT2D eigenvalue weighted by molar-refractivity contribution is -0.154. The van der Waals surface area contributed by atoms with Crippen LogP contribution in [0, 0.1) is 29.1 Å². The molecule has 1 aromatic carbocycles. The molecular weight excluding hydrogens is 516 g/mol. The van der Waals surface area contributed by atoms with E-state index < -0.39 is 70.8 Å². The molecule has 40 heavy (non-hydrogen) atoms. The summed E-state index contributed by atoms with van der Waals surface area (Å²) < 4.78 is 23.8. The molecule has 3 aliphatic carbocycles. The molecule has 1 aliphatic heterocycles. The van der Waals surface area contributed by atoms with Gasteiger partial charge < -0.3 is 24.1 Å². The number of ether oxygens (including phenoxy) is 4. The lowest BCUT2D eigenvalue weighted by Crippen LogP contribution is -2.43. The predicted molar refractivity (Wildman–Crippen MR) is 142 cm³/mol. The van der Waals surface area contributed by atoms with Gasteiger partial charge in [-0.25, -0.2) is 4.79 Å². The van der Waals surface area contributed by atoms with E-state index in [1.54, 1.807) is 50.3 Å². The van der Waals surface area contributed by atoms with Gasteiger partial charge in [0.15, 0.2) is 17.0 Å². The number of carbonyl (C=O) groups is 4. The average Bonchev–Trinajstić information content (AvgIpc) is 3.68. The van der Waals surface area contributed by atoms with Crippen molar-refractivity contribution < 1.29 is 43.2 Å². The summed E-state index contributed by atoms with van der Waals surface area (Å²) in [5, 5.41) is 11.8. The number of fused-ring (bicyclic) bond motifs is 1. The van der Waals surface area contributed by atoms with Gasteiger partial charge in [0.1, 0.15) is 24.4 Å². The Morgan fingerprint density at radius 2 is 1.55 bits per heavy atom. The Morgan fingerprint density at radius 3 is 2.15 bits per heavy atom. The molecule has 1 heterocycles. The molecule has 1 saturated heterocycles. The van der Waals surface area contributed by atoms with Crippen molar-refractivity contribution in [3.63, 3.8) is 0 Å². The number of carbonyl (C=O) groups excluding carboxylic acids is 4. The molecule has 0 aromatic heterocycles. The first kappa shape index (κ1) is 28.5. The monoisotopic (exact) mass is 554 g/mol. The van der Waals surface area contributed by atoms with Crippen molar-refractivity contribution in [2.24, 2.45) is 29.1 Å². The zero-order valence-corrected chi connectivity index (χ0v) is 24.0. The molecule has 9 nitrogen and oxygen atoms in total. The van der Waals surface area contributed by atoms with Crippen molar-refractivity contribution in [3.8, 4) is 0 Å². The molecule has 10 atom stereocenters. The second-order valence-corrected chi connectivity index (χ2v) is 12.6. The highest BCUT2D eigenvalue weighted by Gasteiger charge is 2.84. The minimum absolute atomic E-state index is 0.207. The van der Waals surface area contributed by atoms with Gasteiger partial charge >= 0.3 is 17.9 Å². The van der Waals surface area contributed by atoms with Crippen LogP contribution in [0.2, 0.25) is 0 Å². The highest BCUT2D eigenvalue weighted by Crippen LogP contribution is 2.68. The van der Waals surface area contributed by atoms with E-state index in [1.807, 2.05) is 20.8 Å². The zero-order valence-electron chi connectivity index (χ0n) is 24.0. The van der Waals surface area contributed by atoms with Gasteiger partial charge in [-0.15, -0.1) is 0 Å². The molecule has 2 saturated carbocycles. The lowest BCUT2D eigenvalue weighted by atomic mass is 9.80. The van der Waals surface area contributed by atoms with Crippen LogP contribution in [0.4, 0.5) is 0 Å². The zero-order chi connectivity index (χ0) is 29.4. The van der Waals surface area contributed by atoms with Crippen molar-refractivity contribution in [1.29, 1.82) is 0 Å². The number of epoxide rings is 1. The number of esters is 3. The Kier molecular flexibility index (Phi) is 6.78. The first-order valence-corrected chi connectivity index (χ1v) is 13.9. The van der Waals surface area contributed by atoms with Crippen molar-refractivity contribution in [2.45, 2.75) is 90.5 Å². The van der Waals surface area contributed by atoms with Crippen LogP contribution in [-0.2, 0) is 33.3 Å². The van der Waals surface area contributed by atoms with Gasteiger partial charge in [-0.1, -0.05) is 45.9 Å². The summed E-state index contributed by atoms with van der Waals surface area (Å²) in [4.78, 5) is 51.8. The Balaban J connectivity index is 1.63. The third kappa shape index (κ3) is 4.20. The number of rotatable bonds is 4. The third-order valence-corrected chi connectivity index (χ3v) is 9.56. The molecular formula is C31H38O9. The van der Waals surface area contributed by atoms with E-state index >= 15 is 0 Å². The minimum atomic E-state index is -1.29. The van der Waals surface area contributed by atoms with E-state index in [9.17, 15) is 24.3 Å². The summed E-state index contributed by atoms with van der Waals surface area (Å²) in [6.07, 6.45) is -1.86. The van der Waals surface area contributed by atoms with E-state index in [4.69, 9.17) is 18.9 Å². The van der Waals surface area contributed by atoms with Crippen molar-refractivity contribution in [3.05, 3.63) is 47.5 Å². The number of hydrogen-bond donors (Lipinski definition) is 1. The van der Waals surface area contributed by atoms with Crippen LogP contribution in [0.25, 0.3) is 0 Å². The standard InChI is InChI=1S/C31H38O9/c1-15-13-31-27(38-19(5)33)16(2)14-30(31,40-31)26(35)17(3)24(37-18(4)32)21-22(29(21,6)7)25(23(15)34)39-28(36)20-11-9-8-10-12-20/h8-13,16-17,21-25,27,34H,14H2,1-7H3/t16-,17+,21-,22+,23+,24+,25-,27-,30-,31-/m0/s1. The lowest BCUT2D eigenvalue weighted by Gasteiger charge is -2.28. The number of aliphatic hydroxyl groups excluding tert-OH is 1. The molecule has 0 bridgehead atoms. The summed E-state index contributed by atoms with van der Waals surface area (Å²) in [6.45, 7) is 11.8. The molecule has 0 amide bonds. The summed E-state index contributed by atoms with van der Waals surface area (Å²) >= 11 is 0. The first-order chi connectivity index (χ1) is 18.7. The maximum Gasteiger partial charge on any atom is 0.338 e. The van der Waals surface area contributed by atoms with Crippen molar-refractivity contribution in [1.82, 2.24) is 0 Å². The highest BCUT2D eigenvalue weighted by molar-refractivity contribution is 5.96. The molecule has 1 N–H and O–H groups in total. The van der Waals surface area contributed by atoms with E-state index in [1.165, 1.54) is 13.8 Å². The molecule has 216 valence electrons. The van der Waals surface area contributed by atoms with Crippen LogP contribution in [0.1, 0.15) is 65.2 Å². The second kappa shape index (κ2) is 9.52. The summed E-state index contributed by atoms with van der Waals surface area (Å²) in [7, 11) is 0. The predicted octanol–water partition coefficient (Wildman–Crippen LogP) is 3.42. The van der Waals surface area contributed by atoms with Gasteiger partial charge in [0.2, 0.25) is 0 Å². The fourth-order valence-corrected chi connectivity index (χ4v) is 7.64. The fraction of sp³-hybridized carbons (Fsp3) is 0.613. The highest BCUT2D eigenvalue weighted by atomic mass is 16.7. The van der Waals surface area contributed by atoms with Crippen LogP contribution in [0.3, 0.4) is 0 Å². The SMILES string of the molecule is CC(=O)O[C@H]1[C@@H]2[C@H]([C@H](OC(=O)c3ccccc3)[C@H](O)C(C)=C[C@@]34O[C@@]3(C[C@H](C)[C@@H]4OC(C)=O)C(=O)[C@@H]1C)C2(C)C. The molecule has 4 aliphatic rings. The van der Waals surface area contributed by atoms with Gasteiger partial charge in [-0.05, 0) is 48.5 Å². The van der Waals surface area contributed by atoms with Crippen molar-refractivity contribution >= 4 is 23.7 Å². The van der Waals surface area contributed by atoms with E-state index in [0.717, 1.165) is 0 Å². The van der Waals surface area contributed by atoms with Crippen LogP contribution in [0.15, 0.2) is 42.0 Å². The van der Waals surface area contributed by atoms with Gasteiger partial charge in [-0.2, -0.15) is 0 Å². The second-order valence-electron chi connectivity index (χ2n) is 12.6. The topological polar surface area (TPSA) is 129 Å². The first-order valence-electron chi connectivity index (χ1n) is 13.9. The normalized spacial score (nSPS) is 41.2. The number of benzene rings is 1. The smallest absolute Gasteiger partial charge is 0.338 e. The molecule has 5 rings (SSSR count). The summed E-state index contributed by atoms with van der Waals surface area (Å²) in [5.41, 5.74) is -2.33. The Bertz CT molecular complexity index is 1270. The number of Topliss-reactive ketones (excluding diaryl/α,β-unsaturated/α-hetero) is 1. The maximum atomic E-state index is 14.3. The van der Waals surface area contributed by atoms with Gasteiger partial charge in [0.25, 0.3) is 0 Å². The fourth-order valence-electron chi connectivity index (χ4n) is 7.64. The molecule has 0 radical (unpaired) electrons. The van der Waals surface area contributed by atoms with Crippen molar-refractivity contribution in [2.75, 3.05) is 0 Å². The number of aliphatic hydroxyl groups is 1. The van der Waals surface area contributed by atoms with Crippen LogP contribution >= 0.6 is 0 Å². The van der Waals surface area contributed by atoms with E-state index in [-0.39, 0.29) is 17.6 Å². The number of ketones is 1. The molecule has 0 spiro atoms. The largest absolute Gasteiger partial charge is 0.461 e. The van der Waals surface area contributed by atoms with Gasteiger partial charge in [0, 0.05) is 25.7 Å². The van der Waals surface area contributed by atoms with Crippen LogP contribution in [0.5, 0.6) is 0 Å². The summed E-state index contributed by atoms with van der Waals surface area (Å²) in [6, 6.07) is 8.51. The van der Waals surface area contributed by atoms with Crippen LogP contribution < -0.4 is 0 Å².